The predicted molar refractivity (Wildman–Crippen MR) is 27.3 cm³/mol. The van der Waals surface area contributed by atoms with E-state index in [-0.39, 0.29) is 0 Å². The van der Waals surface area contributed by atoms with Crippen LogP contribution < -0.4 is 0 Å². The zero-order valence-corrected chi connectivity index (χ0v) is 5.83. The molecule has 0 saturated carbocycles. The van der Waals surface area contributed by atoms with Crippen molar-refractivity contribution in [1.29, 1.82) is 0 Å². The molecule has 74 valence electrons. The summed E-state index contributed by atoms with van der Waals surface area (Å²) < 4.78 is 0. The molecule has 0 aromatic carbocycles. The van der Waals surface area contributed by atoms with Crippen molar-refractivity contribution in [3.63, 3.8) is 0 Å². The molecule has 3 N–H and O–H groups in total. The molecule has 0 aromatic heterocycles. The largest absolute Gasteiger partial charge is 0.645 e. The Kier molecular flexibility index (Phi) is 3.65. The van der Waals surface area contributed by atoms with Gasteiger partial charge in [0.05, 0.1) is 14.6 Å². The third-order valence-electron chi connectivity index (χ3n) is 0.857. The Bertz CT molecular complexity index is 213. The smallest absolute Gasteiger partial charge is 0.587 e. The van der Waals surface area contributed by atoms with Crippen molar-refractivity contribution in [2.24, 2.45) is 15.8 Å². The molecule has 0 saturated heterocycles. The van der Waals surface area contributed by atoms with Crippen LogP contribution in [0.1, 0.15) is 0 Å². The lowest BCUT2D eigenvalue weighted by Crippen LogP contribution is -2.38. The molecule has 0 aromatic rings. The van der Waals surface area contributed by atoms with Gasteiger partial charge < -0.3 is 31.2 Å². The van der Waals surface area contributed by atoms with Gasteiger partial charge in [0.1, 0.15) is 0 Å². The van der Waals surface area contributed by atoms with E-state index < -0.39 is 20.9 Å². The van der Waals surface area contributed by atoms with Crippen molar-refractivity contribution in [2.45, 2.75) is 6.29 Å². The van der Waals surface area contributed by atoms with Crippen molar-refractivity contribution in [3.8, 4) is 0 Å². The quantitative estimate of drug-likeness (QED) is 0.233. The normalized spacial score (nSPS) is 15.0. The summed E-state index contributed by atoms with van der Waals surface area (Å²) in [6.45, 7) is 0. The molecule has 0 spiro atoms. The Labute approximate surface area is 69.2 Å². The molecule has 0 amide bonds. The van der Waals surface area contributed by atoms with Crippen molar-refractivity contribution >= 4 is 0 Å². The summed E-state index contributed by atoms with van der Waals surface area (Å²) in [6, 6.07) is 0. The lowest BCUT2D eigenvalue weighted by Gasteiger charge is -2.03. The molecule has 0 aliphatic carbocycles. The molecule has 0 rings (SSSR count). The first kappa shape index (κ1) is 10.6. The van der Waals surface area contributed by atoms with Gasteiger partial charge in [-0.1, -0.05) is 0 Å². The van der Waals surface area contributed by atoms with Crippen LogP contribution in [0.5, 0.6) is 0 Å². The van der Waals surface area contributed by atoms with Gasteiger partial charge in [-0.15, -0.1) is 0 Å². The summed E-state index contributed by atoms with van der Waals surface area (Å²) >= 11 is 0. The third-order valence-corrected chi connectivity index (χ3v) is 0.857. The summed E-state index contributed by atoms with van der Waals surface area (Å²) in [5.74, 6) is 0. The first-order chi connectivity index (χ1) is 6.08. The number of hydrogen-bond donors (Lipinski definition) is 3. The van der Waals surface area contributed by atoms with E-state index in [4.69, 9.17) is 15.6 Å². The molecular weight excluding hydrogens is 192 g/mol. The maximum atomic E-state index is 10.4. The third kappa shape index (κ3) is 2.28. The number of nitrogens with zero attached hydrogens (tertiary/aromatic N) is 6. The van der Waals surface area contributed by atoms with Gasteiger partial charge in [-0.3, -0.25) is 0 Å². The van der Waals surface area contributed by atoms with Crippen LogP contribution in [0.2, 0.25) is 0 Å². The minimum atomic E-state index is -2.49. The number of hydroxylamine groups is 3. The standard InChI is InChI=1S/CH4N6O6/c8-2-5(11)1(6(12)3-9)7(13)4-10/h1,8-10H/b5-2-,6-3-,7-4-. The van der Waals surface area contributed by atoms with Crippen LogP contribution in [-0.4, -0.2) is 36.5 Å². The monoisotopic (exact) mass is 196 g/mol. The van der Waals surface area contributed by atoms with Crippen LogP contribution in [0, 0.1) is 15.6 Å². The highest BCUT2D eigenvalue weighted by Gasteiger charge is 2.41. The average molecular weight is 196 g/mol. The van der Waals surface area contributed by atoms with Gasteiger partial charge in [0.15, 0.2) is 0 Å². The van der Waals surface area contributed by atoms with Gasteiger partial charge >= 0.3 is 6.29 Å². The minimum Gasteiger partial charge on any atom is -0.587 e. The van der Waals surface area contributed by atoms with Gasteiger partial charge in [-0.2, -0.15) is 0 Å². The second kappa shape index (κ2) is 4.47. The van der Waals surface area contributed by atoms with Gasteiger partial charge in [0.25, 0.3) is 0 Å². The molecule has 0 heterocycles. The van der Waals surface area contributed by atoms with Crippen molar-refractivity contribution in [2.75, 3.05) is 0 Å². The predicted octanol–water partition coefficient (Wildman–Crippen LogP) is -0.675. The lowest BCUT2D eigenvalue weighted by molar-refractivity contribution is -0.959. The Morgan fingerprint density at radius 3 is 1.15 bits per heavy atom. The summed E-state index contributed by atoms with van der Waals surface area (Å²) in [7, 11) is 0. The topological polar surface area (TPSA) is 176 Å². The second-order valence-corrected chi connectivity index (χ2v) is 1.52. The van der Waals surface area contributed by atoms with Crippen LogP contribution in [0.4, 0.5) is 0 Å². The minimum absolute atomic E-state index is 0.848. The molecule has 0 radical (unpaired) electrons. The summed E-state index contributed by atoms with van der Waals surface area (Å²) in [6.07, 6.45) is -2.49. The van der Waals surface area contributed by atoms with Crippen LogP contribution in [0.25, 0.3) is 0 Å². The van der Waals surface area contributed by atoms with Gasteiger partial charge in [-0.25, -0.2) is 0 Å². The second-order valence-electron chi connectivity index (χ2n) is 1.52. The van der Waals surface area contributed by atoms with E-state index in [0.717, 1.165) is 0 Å². The molecule has 13 heavy (non-hydrogen) atoms. The van der Waals surface area contributed by atoms with Crippen molar-refractivity contribution in [1.82, 2.24) is 0 Å². The maximum Gasteiger partial charge on any atom is 0.645 e. The number of rotatable bonds is 3. The lowest BCUT2D eigenvalue weighted by atomic mass is 10.9. The Hall–Kier alpha value is -2.40. The molecular formula is CH4N6O6. The first-order valence-electron chi connectivity index (χ1n) is 2.52. The molecule has 0 bridgehead atoms. The zero-order valence-electron chi connectivity index (χ0n) is 5.83. The van der Waals surface area contributed by atoms with Crippen LogP contribution in [-0.2, 0) is 0 Å². The van der Waals surface area contributed by atoms with Crippen molar-refractivity contribution < 1.29 is 30.2 Å². The highest BCUT2D eigenvalue weighted by atomic mass is 16.7. The van der Waals surface area contributed by atoms with E-state index in [2.05, 4.69) is 0 Å². The van der Waals surface area contributed by atoms with E-state index in [1.165, 1.54) is 0 Å². The summed E-state index contributed by atoms with van der Waals surface area (Å²) in [5.41, 5.74) is 0. The van der Waals surface area contributed by atoms with E-state index in [0.29, 0.717) is 0 Å². The highest BCUT2D eigenvalue weighted by molar-refractivity contribution is 4.12. The summed E-state index contributed by atoms with van der Waals surface area (Å²) in [4.78, 5) is -2.54. The summed E-state index contributed by atoms with van der Waals surface area (Å²) in [5, 5.41) is 60.4. The Morgan fingerprint density at radius 1 is 0.769 bits per heavy atom. The van der Waals surface area contributed by atoms with Gasteiger partial charge in [0, 0.05) is 0 Å². The molecule has 0 atom stereocenters. The van der Waals surface area contributed by atoms with Crippen LogP contribution >= 0.6 is 0 Å². The maximum absolute atomic E-state index is 10.4. The molecule has 12 heteroatoms. The number of hydrogen-bond acceptors (Lipinski definition) is 6. The molecule has 0 aliphatic rings. The Balaban J connectivity index is 4.99. The van der Waals surface area contributed by atoms with E-state index in [9.17, 15) is 15.6 Å². The molecule has 12 nitrogen and oxygen atoms in total. The highest BCUT2D eigenvalue weighted by Crippen LogP contribution is 1.96. The molecule has 0 unspecified atom stereocenters. The Morgan fingerprint density at radius 2 is 1.00 bits per heavy atom. The fraction of sp³-hybridized carbons (Fsp3) is 1.00. The fourth-order valence-electron chi connectivity index (χ4n) is 0.392. The van der Waals surface area contributed by atoms with E-state index in [1.807, 2.05) is 15.8 Å². The average Bonchev–Trinajstić information content (AvgIpc) is 2.16. The van der Waals surface area contributed by atoms with Crippen LogP contribution in [0.3, 0.4) is 0 Å². The van der Waals surface area contributed by atoms with Gasteiger partial charge in [0.2, 0.25) is 15.8 Å². The zero-order chi connectivity index (χ0) is 10.4. The first-order valence-corrected chi connectivity index (χ1v) is 2.52. The molecule has 0 fully saturated rings. The van der Waals surface area contributed by atoms with E-state index in [1.54, 1.807) is 0 Å². The fourth-order valence-corrected chi connectivity index (χ4v) is 0.392. The van der Waals surface area contributed by atoms with Crippen molar-refractivity contribution in [3.05, 3.63) is 15.6 Å². The SMILES string of the molecule is [O-]/[N+](=N\O)C(/[N+]([O-])=N/O)/[N+]([O-])=N/O. The molecule has 0 aliphatic heterocycles. The van der Waals surface area contributed by atoms with E-state index >= 15 is 0 Å². The van der Waals surface area contributed by atoms with Gasteiger partial charge in [-0.05, 0) is 0 Å². The van der Waals surface area contributed by atoms with Crippen LogP contribution in [0.15, 0.2) is 15.8 Å².